The number of hydrogen-bond donors (Lipinski definition) is 2. The number of nitrogens with one attached hydrogen (secondary N) is 1. The fourth-order valence-corrected chi connectivity index (χ4v) is 2.81. The summed E-state index contributed by atoms with van der Waals surface area (Å²) in [6.07, 6.45) is 0. The van der Waals surface area contributed by atoms with Gasteiger partial charge in [0.15, 0.2) is 0 Å². The highest BCUT2D eigenvalue weighted by molar-refractivity contribution is 7.13. The lowest BCUT2D eigenvalue weighted by Gasteiger charge is -2.18. The summed E-state index contributed by atoms with van der Waals surface area (Å²) in [5, 5.41) is 14.5. The molecule has 0 bridgehead atoms. The quantitative estimate of drug-likeness (QED) is 0.888. The molecule has 0 aliphatic carbocycles. The van der Waals surface area contributed by atoms with Crippen molar-refractivity contribution in [2.45, 2.75) is 26.8 Å². The lowest BCUT2D eigenvalue weighted by Crippen LogP contribution is -2.44. The third-order valence-electron chi connectivity index (χ3n) is 3.21. The molecule has 0 aliphatic rings. The highest BCUT2D eigenvalue weighted by Gasteiger charge is 2.24. The van der Waals surface area contributed by atoms with E-state index in [1.54, 1.807) is 32.0 Å². The van der Waals surface area contributed by atoms with Gasteiger partial charge in [-0.05, 0) is 25.0 Å². The minimum absolute atomic E-state index is 0.189. The van der Waals surface area contributed by atoms with Crippen molar-refractivity contribution in [3.8, 4) is 10.6 Å². The first-order chi connectivity index (χ1) is 10.4. The Hall–Kier alpha value is -2.21. The van der Waals surface area contributed by atoms with E-state index < -0.39 is 17.9 Å². The number of amides is 1. The number of aliphatic carboxylic acids is 1. The maximum atomic E-state index is 12.3. The van der Waals surface area contributed by atoms with E-state index in [0.29, 0.717) is 5.56 Å². The average Bonchev–Trinajstić information content (AvgIpc) is 2.90. The van der Waals surface area contributed by atoms with Crippen molar-refractivity contribution < 1.29 is 14.7 Å². The van der Waals surface area contributed by atoms with Crippen LogP contribution in [0.25, 0.3) is 10.6 Å². The molecule has 116 valence electrons. The van der Waals surface area contributed by atoms with Crippen molar-refractivity contribution in [3.05, 3.63) is 40.9 Å². The van der Waals surface area contributed by atoms with Crippen molar-refractivity contribution in [3.63, 3.8) is 0 Å². The second-order valence-corrected chi connectivity index (χ2v) is 6.27. The van der Waals surface area contributed by atoms with E-state index >= 15 is 0 Å². The number of carbonyl (C=O) groups is 2. The first kappa shape index (κ1) is 16.2. The Morgan fingerprint density at radius 3 is 2.59 bits per heavy atom. The minimum Gasteiger partial charge on any atom is -0.480 e. The zero-order valence-electron chi connectivity index (χ0n) is 12.7. The molecule has 22 heavy (non-hydrogen) atoms. The van der Waals surface area contributed by atoms with Crippen LogP contribution in [-0.4, -0.2) is 28.0 Å². The van der Waals surface area contributed by atoms with Crippen molar-refractivity contribution in [2.75, 3.05) is 0 Å². The molecular formula is C16H18N2O3S. The van der Waals surface area contributed by atoms with Crippen molar-refractivity contribution >= 4 is 23.2 Å². The number of hydrogen-bond acceptors (Lipinski definition) is 4. The number of rotatable bonds is 5. The molecule has 2 N–H and O–H groups in total. The van der Waals surface area contributed by atoms with Gasteiger partial charge in [-0.25, -0.2) is 9.78 Å². The molecule has 5 nitrogen and oxygen atoms in total. The van der Waals surface area contributed by atoms with Gasteiger partial charge in [-0.2, -0.15) is 0 Å². The van der Waals surface area contributed by atoms with Crippen molar-refractivity contribution in [1.29, 1.82) is 0 Å². The van der Waals surface area contributed by atoms with Crippen LogP contribution >= 0.6 is 11.3 Å². The van der Waals surface area contributed by atoms with Crippen LogP contribution in [0.15, 0.2) is 29.6 Å². The van der Waals surface area contributed by atoms with Gasteiger partial charge in [0.2, 0.25) is 0 Å². The standard InChI is InChI=1S/C16H18N2O3S/c1-9(2)13(16(20)21)18-14(19)11-5-4-6-12(7-11)15-17-10(3)8-22-15/h4-9,13H,1-3H3,(H,18,19)(H,20,21)/t13-/m1/s1. The molecule has 0 saturated heterocycles. The Balaban J connectivity index is 2.22. The molecule has 0 saturated carbocycles. The molecule has 1 atom stereocenters. The second-order valence-electron chi connectivity index (χ2n) is 5.41. The van der Waals surface area contributed by atoms with Crippen molar-refractivity contribution in [2.24, 2.45) is 5.92 Å². The number of carboxylic acids is 1. The first-order valence-electron chi connectivity index (χ1n) is 6.94. The molecule has 1 aromatic carbocycles. The number of carboxylic acid groups (broad SMARTS) is 1. The summed E-state index contributed by atoms with van der Waals surface area (Å²) in [6.45, 7) is 5.43. The van der Waals surface area contributed by atoms with Crippen LogP contribution in [0.4, 0.5) is 0 Å². The van der Waals surface area contributed by atoms with Crippen LogP contribution < -0.4 is 5.32 Å². The Labute approximate surface area is 133 Å². The van der Waals surface area contributed by atoms with Gasteiger partial charge in [0.05, 0.1) is 0 Å². The molecule has 2 aromatic rings. The Kier molecular flexibility index (Phi) is 4.92. The van der Waals surface area contributed by atoms with E-state index in [1.165, 1.54) is 11.3 Å². The summed E-state index contributed by atoms with van der Waals surface area (Å²) < 4.78 is 0. The van der Waals surface area contributed by atoms with E-state index in [0.717, 1.165) is 16.3 Å². The number of thiazole rings is 1. The highest BCUT2D eigenvalue weighted by Crippen LogP contribution is 2.24. The Morgan fingerprint density at radius 1 is 1.32 bits per heavy atom. The van der Waals surface area contributed by atoms with Crippen LogP contribution in [0.3, 0.4) is 0 Å². The molecule has 2 rings (SSSR count). The van der Waals surface area contributed by atoms with E-state index in [-0.39, 0.29) is 5.92 Å². The molecule has 1 aromatic heterocycles. The largest absolute Gasteiger partial charge is 0.480 e. The summed E-state index contributed by atoms with van der Waals surface area (Å²) in [4.78, 5) is 27.8. The smallest absolute Gasteiger partial charge is 0.326 e. The van der Waals surface area contributed by atoms with Crippen LogP contribution in [0.5, 0.6) is 0 Å². The summed E-state index contributed by atoms with van der Waals surface area (Å²) in [5.41, 5.74) is 2.21. The molecule has 0 aliphatic heterocycles. The molecule has 6 heteroatoms. The van der Waals surface area contributed by atoms with Crippen LogP contribution in [0, 0.1) is 12.8 Å². The third-order valence-corrected chi connectivity index (χ3v) is 4.22. The number of aromatic nitrogens is 1. The molecular weight excluding hydrogens is 300 g/mol. The lowest BCUT2D eigenvalue weighted by molar-refractivity contribution is -0.140. The number of aryl methyl sites for hydroxylation is 1. The maximum Gasteiger partial charge on any atom is 0.326 e. The van der Waals surface area contributed by atoms with Gasteiger partial charge < -0.3 is 10.4 Å². The van der Waals surface area contributed by atoms with E-state index in [1.807, 2.05) is 18.4 Å². The van der Waals surface area contributed by atoms with Crippen LogP contribution in [-0.2, 0) is 4.79 Å². The van der Waals surface area contributed by atoms with Gasteiger partial charge in [-0.15, -0.1) is 11.3 Å². The van der Waals surface area contributed by atoms with Crippen molar-refractivity contribution in [1.82, 2.24) is 10.3 Å². The summed E-state index contributed by atoms with van der Waals surface area (Å²) in [5.74, 6) is -1.61. The lowest BCUT2D eigenvalue weighted by atomic mass is 10.0. The molecule has 1 amide bonds. The van der Waals surface area contributed by atoms with E-state index in [4.69, 9.17) is 5.11 Å². The van der Waals surface area contributed by atoms with Crippen LogP contribution in [0.1, 0.15) is 29.9 Å². The predicted molar refractivity (Wildman–Crippen MR) is 86.0 cm³/mol. The van der Waals surface area contributed by atoms with E-state index in [9.17, 15) is 9.59 Å². The zero-order chi connectivity index (χ0) is 16.3. The van der Waals surface area contributed by atoms with Gasteiger partial charge in [-0.3, -0.25) is 4.79 Å². The predicted octanol–water partition coefficient (Wildman–Crippen LogP) is 2.96. The summed E-state index contributed by atoms with van der Waals surface area (Å²) in [6, 6.07) is 6.14. The number of benzene rings is 1. The third kappa shape index (κ3) is 3.71. The number of carbonyl (C=O) groups excluding carboxylic acids is 1. The van der Waals surface area contributed by atoms with Gasteiger partial charge in [0, 0.05) is 22.2 Å². The van der Waals surface area contributed by atoms with E-state index in [2.05, 4.69) is 10.3 Å². The molecule has 0 spiro atoms. The monoisotopic (exact) mass is 318 g/mol. The average molecular weight is 318 g/mol. The topological polar surface area (TPSA) is 79.3 Å². The highest BCUT2D eigenvalue weighted by atomic mass is 32.1. The molecule has 1 heterocycles. The molecule has 0 unspecified atom stereocenters. The molecule has 0 radical (unpaired) electrons. The SMILES string of the molecule is Cc1csc(-c2cccc(C(=O)N[C@@H](C(=O)O)C(C)C)c2)n1. The van der Waals surface area contributed by atoms with Gasteiger partial charge in [0.1, 0.15) is 11.0 Å². The van der Waals surface area contributed by atoms with Gasteiger partial charge in [0.25, 0.3) is 5.91 Å². The molecule has 0 fully saturated rings. The normalized spacial score (nSPS) is 12.2. The minimum atomic E-state index is -1.03. The second kappa shape index (κ2) is 6.70. The summed E-state index contributed by atoms with van der Waals surface area (Å²) >= 11 is 1.51. The summed E-state index contributed by atoms with van der Waals surface area (Å²) in [7, 11) is 0. The fourth-order valence-electron chi connectivity index (χ4n) is 2.02. The zero-order valence-corrected chi connectivity index (χ0v) is 13.5. The van der Waals surface area contributed by atoms with Gasteiger partial charge in [-0.1, -0.05) is 26.0 Å². The Bertz CT molecular complexity index is 694. The first-order valence-corrected chi connectivity index (χ1v) is 7.82. The van der Waals surface area contributed by atoms with Crippen LogP contribution in [0.2, 0.25) is 0 Å². The Morgan fingerprint density at radius 2 is 2.05 bits per heavy atom. The maximum absolute atomic E-state index is 12.3. The van der Waals surface area contributed by atoms with Gasteiger partial charge >= 0.3 is 5.97 Å². The fraction of sp³-hybridized carbons (Fsp3) is 0.312. The number of nitrogens with zero attached hydrogens (tertiary/aromatic N) is 1.